The number of rotatable bonds is 1. The molecule has 2 nitrogen and oxygen atoms in total. The quantitative estimate of drug-likeness (QED) is 0.702. The van der Waals surface area contributed by atoms with Gasteiger partial charge in [0.2, 0.25) is 0 Å². The molecular formula is C13H15NO. The molecule has 1 atom stereocenters. The van der Waals surface area contributed by atoms with Crippen LogP contribution >= 0.6 is 0 Å². The second-order valence-corrected chi connectivity index (χ2v) is 3.90. The van der Waals surface area contributed by atoms with Crippen LogP contribution in [0.25, 0.3) is 0 Å². The summed E-state index contributed by atoms with van der Waals surface area (Å²) in [5, 5.41) is 3.25. The van der Waals surface area contributed by atoms with Crippen LogP contribution in [0.15, 0.2) is 47.6 Å². The van der Waals surface area contributed by atoms with Crippen molar-refractivity contribution in [1.29, 1.82) is 0 Å². The zero-order valence-corrected chi connectivity index (χ0v) is 8.86. The van der Waals surface area contributed by atoms with Gasteiger partial charge in [-0.15, -0.1) is 0 Å². The number of hydrogen-bond acceptors (Lipinski definition) is 2. The molecule has 1 fully saturated rings. The van der Waals surface area contributed by atoms with Gasteiger partial charge in [-0.05, 0) is 24.5 Å². The molecule has 0 radical (unpaired) electrons. The van der Waals surface area contributed by atoms with Crippen LogP contribution in [0.1, 0.15) is 13.3 Å². The number of carbonyl (C=O) groups is 1. The Hall–Kier alpha value is -1.41. The predicted octanol–water partition coefficient (Wildman–Crippen LogP) is 1.92. The van der Waals surface area contributed by atoms with Crippen molar-refractivity contribution in [3.8, 4) is 0 Å². The lowest BCUT2D eigenvalue weighted by Gasteiger charge is -2.26. The number of piperidine rings is 1. The molecule has 1 unspecified atom stereocenters. The van der Waals surface area contributed by atoms with E-state index < -0.39 is 0 Å². The molecule has 2 heteroatoms. The van der Waals surface area contributed by atoms with Crippen LogP contribution < -0.4 is 5.32 Å². The number of nitrogens with one attached hydrogen (secondary N) is 1. The average Bonchev–Trinajstić information content (AvgIpc) is 2.18. The molecule has 15 heavy (non-hydrogen) atoms. The molecule has 1 N–H and O–H groups in total. The van der Waals surface area contributed by atoms with E-state index in [1.165, 1.54) is 11.1 Å². The first-order valence-corrected chi connectivity index (χ1v) is 5.24. The van der Waals surface area contributed by atoms with Gasteiger partial charge in [-0.25, -0.2) is 0 Å². The van der Waals surface area contributed by atoms with Crippen molar-refractivity contribution < 1.29 is 4.79 Å². The third kappa shape index (κ3) is 2.34. The molecule has 0 aromatic heterocycles. The zero-order valence-electron chi connectivity index (χ0n) is 8.86. The van der Waals surface area contributed by atoms with Crippen LogP contribution in [0.2, 0.25) is 0 Å². The van der Waals surface area contributed by atoms with E-state index in [4.69, 9.17) is 0 Å². The highest BCUT2D eigenvalue weighted by molar-refractivity contribution is 5.82. The fraction of sp³-hybridized carbons (Fsp3) is 0.308. The van der Waals surface area contributed by atoms with Crippen LogP contribution in [-0.4, -0.2) is 18.4 Å². The average molecular weight is 201 g/mol. The second kappa shape index (κ2) is 4.41. The van der Waals surface area contributed by atoms with Crippen molar-refractivity contribution >= 4 is 5.78 Å². The Morgan fingerprint density at radius 3 is 2.53 bits per heavy atom. The molecule has 1 aliphatic carbocycles. The third-order valence-electron chi connectivity index (χ3n) is 2.79. The molecule has 0 amide bonds. The lowest BCUT2D eigenvalue weighted by Crippen LogP contribution is -2.41. The van der Waals surface area contributed by atoms with Crippen LogP contribution in [0, 0.1) is 0 Å². The lowest BCUT2D eigenvalue weighted by atomic mass is 9.91. The van der Waals surface area contributed by atoms with Crippen LogP contribution in [0.5, 0.6) is 0 Å². The standard InChI is InChI=1S/C13H15NO/c1-10(15)13-8-11-6-4-2-3-5-7-12(11)9-14-13/h2-7,13-14H,8-9H2,1H3. The summed E-state index contributed by atoms with van der Waals surface area (Å²) in [6.45, 7) is 2.43. The molecule has 0 aromatic carbocycles. The predicted molar refractivity (Wildman–Crippen MR) is 61.5 cm³/mol. The second-order valence-electron chi connectivity index (χ2n) is 3.90. The van der Waals surface area contributed by atoms with Gasteiger partial charge in [-0.1, -0.05) is 36.5 Å². The summed E-state index contributed by atoms with van der Waals surface area (Å²) in [6, 6.07) is -0.00907. The minimum atomic E-state index is -0.00907. The maximum absolute atomic E-state index is 11.3. The fourth-order valence-corrected chi connectivity index (χ4v) is 1.87. The third-order valence-corrected chi connectivity index (χ3v) is 2.79. The molecule has 0 saturated carbocycles. The van der Waals surface area contributed by atoms with E-state index in [2.05, 4.69) is 17.5 Å². The molecule has 0 bridgehead atoms. The van der Waals surface area contributed by atoms with Crippen molar-refractivity contribution in [2.24, 2.45) is 0 Å². The van der Waals surface area contributed by atoms with Gasteiger partial charge in [0.15, 0.2) is 0 Å². The van der Waals surface area contributed by atoms with Gasteiger partial charge in [0.25, 0.3) is 0 Å². The van der Waals surface area contributed by atoms with E-state index in [9.17, 15) is 4.79 Å². The molecule has 0 aromatic rings. The van der Waals surface area contributed by atoms with Crippen LogP contribution in [-0.2, 0) is 4.79 Å². The minimum Gasteiger partial charge on any atom is -0.303 e. The summed E-state index contributed by atoms with van der Waals surface area (Å²) >= 11 is 0. The normalized spacial score (nSPS) is 24.7. The van der Waals surface area contributed by atoms with E-state index in [0.29, 0.717) is 0 Å². The van der Waals surface area contributed by atoms with Crippen molar-refractivity contribution in [1.82, 2.24) is 5.32 Å². The minimum absolute atomic E-state index is 0.00907. The molecule has 78 valence electrons. The summed E-state index contributed by atoms with van der Waals surface area (Å²) in [5.74, 6) is 0.219. The van der Waals surface area contributed by atoms with E-state index in [0.717, 1.165) is 13.0 Å². The SMILES string of the molecule is CC(=O)C1CC2=CC=CC=CC=C2CN1. The Morgan fingerprint density at radius 1 is 1.20 bits per heavy atom. The van der Waals surface area contributed by atoms with Crippen molar-refractivity contribution in [2.75, 3.05) is 6.54 Å². The highest BCUT2D eigenvalue weighted by Gasteiger charge is 2.22. The Labute approximate surface area is 90.1 Å². The number of carbonyl (C=O) groups excluding carboxylic acids is 1. The summed E-state index contributed by atoms with van der Waals surface area (Å²) in [5.41, 5.74) is 2.56. The van der Waals surface area contributed by atoms with Crippen molar-refractivity contribution in [3.05, 3.63) is 47.6 Å². The van der Waals surface area contributed by atoms with Gasteiger partial charge in [0.1, 0.15) is 5.78 Å². The molecule has 0 spiro atoms. The molecule has 2 rings (SSSR count). The summed E-state index contributed by atoms with van der Waals surface area (Å²) in [6.07, 6.45) is 13.1. The summed E-state index contributed by atoms with van der Waals surface area (Å²) in [4.78, 5) is 11.3. The number of Topliss-reactive ketones (excluding diaryl/α,β-unsaturated/α-hetero) is 1. The Balaban J connectivity index is 2.21. The molecule has 1 saturated heterocycles. The lowest BCUT2D eigenvalue weighted by molar-refractivity contribution is -0.119. The number of fused-ring (bicyclic) bond motifs is 1. The number of allylic oxidation sites excluding steroid dienone is 6. The highest BCUT2D eigenvalue weighted by atomic mass is 16.1. The van der Waals surface area contributed by atoms with Crippen LogP contribution in [0.4, 0.5) is 0 Å². The van der Waals surface area contributed by atoms with Gasteiger partial charge in [0, 0.05) is 6.54 Å². The van der Waals surface area contributed by atoms with E-state index >= 15 is 0 Å². The maximum Gasteiger partial charge on any atom is 0.147 e. The molecular weight excluding hydrogens is 186 g/mol. The van der Waals surface area contributed by atoms with Gasteiger partial charge in [-0.3, -0.25) is 4.79 Å². The van der Waals surface area contributed by atoms with Gasteiger partial charge >= 0.3 is 0 Å². The maximum atomic E-state index is 11.3. The zero-order chi connectivity index (χ0) is 10.7. The first-order valence-electron chi connectivity index (χ1n) is 5.24. The van der Waals surface area contributed by atoms with Crippen molar-refractivity contribution in [2.45, 2.75) is 19.4 Å². The molecule has 1 heterocycles. The Bertz CT molecular complexity index is 385. The Kier molecular flexibility index (Phi) is 2.97. The van der Waals surface area contributed by atoms with Gasteiger partial charge < -0.3 is 5.32 Å². The first kappa shape index (κ1) is 10.1. The number of ketones is 1. The van der Waals surface area contributed by atoms with E-state index in [-0.39, 0.29) is 11.8 Å². The van der Waals surface area contributed by atoms with E-state index in [1.54, 1.807) is 6.92 Å². The van der Waals surface area contributed by atoms with Gasteiger partial charge in [0.05, 0.1) is 6.04 Å². The van der Waals surface area contributed by atoms with Crippen LogP contribution in [0.3, 0.4) is 0 Å². The largest absolute Gasteiger partial charge is 0.303 e. The molecule has 2 aliphatic rings. The summed E-state index contributed by atoms with van der Waals surface area (Å²) < 4.78 is 0. The monoisotopic (exact) mass is 201 g/mol. The van der Waals surface area contributed by atoms with E-state index in [1.807, 2.05) is 24.3 Å². The van der Waals surface area contributed by atoms with Crippen molar-refractivity contribution in [3.63, 3.8) is 0 Å². The highest BCUT2D eigenvalue weighted by Crippen LogP contribution is 2.22. The van der Waals surface area contributed by atoms with Gasteiger partial charge in [-0.2, -0.15) is 0 Å². The topological polar surface area (TPSA) is 29.1 Å². The smallest absolute Gasteiger partial charge is 0.147 e. The molecule has 1 aliphatic heterocycles. The first-order chi connectivity index (χ1) is 7.27. The summed E-state index contributed by atoms with van der Waals surface area (Å²) in [7, 11) is 0. The number of hydrogen-bond donors (Lipinski definition) is 1. The Morgan fingerprint density at radius 2 is 1.87 bits per heavy atom. The fourth-order valence-electron chi connectivity index (χ4n) is 1.87.